The summed E-state index contributed by atoms with van der Waals surface area (Å²) in [4.78, 5) is 38.7. The topological polar surface area (TPSA) is 95.7 Å². The maximum atomic E-state index is 12.3. The van der Waals surface area contributed by atoms with Crippen molar-refractivity contribution in [2.24, 2.45) is 11.7 Å². The zero-order valence-electron chi connectivity index (χ0n) is 12.5. The van der Waals surface area contributed by atoms with Gasteiger partial charge < -0.3 is 10.6 Å². The molecule has 2 saturated heterocycles. The van der Waals surface area contributed by atoms with Gasteiger partial charge in [0, 0.05) is 19.0 Å². The molecule has 2 aliphatic heterocycles. The Morgan fingerprint density at radius 1 is 1.10 bits per heavy atom. The van der Waals surface area contributed by atoms with Crippen LogP contribution in [0.1, 0.15) is 32.6 Å². The summed E-state index contributed by atoms with van der Waals surface area (Å²) in [6.45, 7) is 4.91. The number of hydrogen-bond acceptors (Lipinski definition) is 4. The Kier molecular flexibility index (Phi) is 5.17. The van der Waals surface area contributed by atoms with Gasteiger partial charge in [-0.3, -0.25) is 19.8 Å². The van der Waals surface area contributed by atoms with Crippen LogP contribution in [0.15, 0.2) is 0 Å². The second-order valence-electron chi connectivity index (χ2n) is 5.87. The lowest BCUT2D eigenvalue weighted by Gasteiger charge is -2.35. The molecular formula is C14H24N4O3. The van der Waals surface area contributed by atoms with E-state index in [2.05, 4.69) is 5.32 Å². The molecule has 1 unspecified atom stereocenters. The van der Waals surface area contributed by atoms with Crippen molar-refractivity contribution in [1.29, 1.82) is 0 Å². The van der Waals surface area contributed by atoms with Crippen LogP contribution in [0.3, 0.4) is 0 Å². The minimum atomic E-state index is -0.828. The van der Waals surface area contributed by atoms with Crippen LogP contribution in [0.5, 0.6) is 0 Å². The van der Waals surface area contributed by atoms with Gasteiger partial charge in [0.15, 0.2) is 0 Å². The van der Waals surface area contributed by atoms with Crippen molar-refractivity contribution in [3.8, 4) is 0 Å². The number of rotatable bonds is 3. The first-order chi connectivity index (χ1) is 9.99. The van der Waals surface area contributed by atoms with Crippen molar-refractivity contribution in [2.75, 3.05) is 26.2 Å². The Balaban J connectivity index is 1.81. The molecule has 21 heavy (non-hydrogen) atoms. The molecule has 1 atom stereocenters. The van der Waals surface area contributed by atoms with E-state index >= 15 is 0 Å². The van der Waals surface area contributed by atoms with E-state index in [9.17, 15) is 14.4 Å². The summed E-state index contributed by atoms with van der Waals surface area (Å²) < 4.78 is 0. The number of nitrogens with two attached hydrogens (primary N) is 1. The predicted octanol–water partition coefficient (Wildman–Crippen LogP) is -0.0958. The quantitative estimate of drug-likeness (QED) is 0.760. The van der Waals surface area contributed by atoms with Gasteiger partial charge in [-0.15, -0.1) is 0 Å². The van der Waals surface area contributed by atoms with Crippen molar-refractivity contribution in [1.82, 2.24) is 15.1 Å². The molecule has 0 saturated carbocycles. The van der Waals surface area contributed by atoms with E-state index < -0.39 is 12.1 Å². The van der Waals surface area contributed by atoms with Gasteiger partial charge in [-0.1, -0.05) is 0 Å². The van der Waals surface area contributed by atoms with Gasteiger partial charge in [0.1, 0.15) is 0 Å². The molecule has 0 bridgehead atoms. The fraction of sp³-hybridized carbons (Fsp3) is 0.786. The van der Waals surface area contributed by atoms with Crippen LogP contribution in [-0.2, 0) is 9.59 Å². The van der Waals surface area contributed by atoms with Gasteiger partial charge in [-0.2, -0.15) is 0 Å². The number of carbonyl (C=O) groups excluding carboxylic acids is 3. The van der Waals surface area contributed by atoms with Gasteiger partial charge in [-0.25, -0.2) is 4.79 Å². The molecule has 2 fully saturated rings. The number of carbonyl (C=O) groups is 3. The van der Waals surface area contributed by atoms with Crippen LogP contribution < -0.4 is 11.1 Å². The summed E-state index contributed by atoms with van der Waals surface area (Å²) in [7, 11) is 0. The molecule has 0 aromatic rings. The summed E-state index contributed by atoms with van der Waals surface area (Å²) in [6.07, 6.45) is 3.75. The van der Waals surface area contributed by atoms with Crippen molar-refractivity contribution >= 4 is 17.8 Å². The number of imide groups is 1. The van der Waals surface area contributed by atoms with Crippen LogP contribution >= 0.6 is 0 Å². The van der Waals surface area contributed by atoms with E-state index in [-0.39, 0.29) is 17.7 Å². The summed E-state index contributed by atoms with van der Waals surface area (Å²) >= 11 is 0. The third kappa shape index (κ3) is 3.93. The number of likely N-dealkylation sites (tertiary alicyclic amines) is 2. The van der Waals surface area contributed by atoms with Crippen LogP contribution in [0.4, 0.5) is 4.79 Å². The number of nitrogens with one attached hydrogen (secondary N) is 1. The van der Waals surface area contributed by atoms with Gasteiger partial charge in [0.25, 0.3) is 0 Å². The van der Waals surface area contributed by atoms with E-state index in [0.717, 1.165) is 38.8 Å². The number of hydrogen-bond donors (Lipinski definition) is 2. The van der Waals surface area contributed by atoms with Crippen molar-refractivity contribution in [3.05, 3.63) is 0 Å². The van der Waals surface area contributed by atoms with Crippen molar-refractivity contribution in [3.63, 3.8) is 0 Å². The maximum Gasteiger partial charge on any atom is 0.318 e. The summed E-state index contributed by atoms with van der Waals surface area (Å²) in [5.74, 6) is -0.0426. The number of urea groups is 1. The maximum absolute atomic E-state index is 12.3. The van der Waals surface area contributed by atoms with Crippen molar-refractivity contribution in [2.45, 2.75) is 38.6 Å². The zero-order chi connectivity index (χ0) is 15.4. The molecule has 3 N–H and O–H groups in total. The third-order valence-corrected chi connectivity index (χ3v) is 4.47. The fourth-order valence-corrected chi connectivity index (χ4v) is 3.12. The second kappa shape index (κ2) is 6.89. The Morgan fingerprint density at radius 2 is 1.67 bits per heavy atom. The van der Waals surface area contributed by atoms with Gasteiger partial charge in [0.05, 0.1) is 6.04 Å². The highest BCUT2D eigenvalue weighted by atomic mass is 16.2. The molecule has 7 nitrogen and oxygen atoms in total. The first kappa shape index (κ1) is 15.8. The number of piperidine rings is 1. The smallest absolute Gasteiger partial charge is 0.318 e. The summed E-state index contributed by atoms with van der Waals surface area (Å²) in [5.41, 5.74) is 4.95. The Hall–Kier alpha value is -1.63. The summed E-state index contributed by atoms with van der Waals surface area (Å²) in [5, 5.41) is 2.10. The van der Waals surface area contributed by atoms with Crippen LogP contribution in [-0.4, -0.2) is 59.9 Å². The minimum Gasteiger partial charge on any atom is -0.351 e. The first-order valence-corrected chi connectivity index (χ1v) is 7.62. The molecule has 2 rings (SSSR count). The number of primary amides is 1. The highest BCUT2D eigenvalue weighted by Gasteiger charge is 2.32. The Bertz CT molecular complexity index is 412. The lowest BCUT2D eigenvalue weighted by molar-refractivity contribution is -0.136. The number of amides is 4. The molecule has 118 valence electrons. The molecule has 0 aliphatic carbocycles. The fourth-order valence-electron chi connectivity index (χ4n) is 3.12. The molecule has 2 heterocycles. The van der Waals surface area contributed by atoms with Gasteiger partial charge in [-0.05, 0) is 45.7 Å². The van der Waals surface area contributed by atoms with Gasteiger partial charge >= 0.3 is 6.03 Å². The zero-order valence-corrected chi connectivity index (χ0v) is 12.5. The second-order valence-corrected chi connectivity index (χ2v) is 5.87. The predicted molar refractivity (Wildman–Crippen MR) is 77.3 cm³/mol. The molecule has 4 amide bonds. The normalized spacial score (nSPS) is 22.0. The van der Waals surface area contributed by atoms with Crippen LogP contribution in [0, 0.1) is 5.92 Å². The van der Waals surface area contributed by atoms with Crippen molar-refractivity contribution < 1.29 is 14.4 Å². The van der Waals surface area contributed by atoms with E-state index in [1.165, 1.54) is 0 Å². The third-order valence-electron chi connectivity index (χ3n) is 4.47. The lowest BCUT2D eigenvalue weighted by Crippen LogP contribution is -2.51. The average molecular weight is 296 g/mol. The average Bonchev–Trinajstić information content (AvgIpc) is 2.99. The Morgan fingerprint density at radius 3 is 2.19 bits per heavy atom. The Labute approximate surface area is 124 Å². The molecule has 7 heteroatoms. The van der Waals surface area contributed by atoms with E-state index in [4.69, 9.17) is 5.73 Å². The largest absolute Gasteiger partial charge is 0.351 e. The van der Waals surface area contributed by atoms with E-state index in [0.29, 0.717) is 13.1 Å². The molecule has 0 spiro atoms. The summed E-state index contributed by atoms with van der Waals surface area (Å²) in [6, 6.07) is -1.23. The van der Waals surface area contributed by atoms with E-state index in [1.807, 2.05) is 9.80 Å². The molecule has 2 aliphatic rings. The lowest BCUT2D eigenvalue weighted by atomic mass is 9.94. The molecule has 0 radical (unpaired) electrons. The monoisotopic (exact) mass is 296 g/mol. The van der Waals surface area contributed by atoms with E-state index in [1.54, 1.807) is 6.92 Å². The highest BCUT2D eigenvalue weighted by Crippen LogP contribution is 2.23. The molecule has 0 aromatic carbocycles. The van der Waals surface area contributed by atoms with Crippen LogP contribution in [0.25, 0.3) is 0 Å². The van der Waals surface area contributed by atoms with Gasteiger partial charge in [0.2, 0.25) is 11.8 Å². The van der Waals surface area contributed by atoms with Crippen LogP contribution in [0.2, 0.25) is 0 Å². The standard InChI is InChI=1S/C14H24N4O3/c1-10(12(19)16-14(15)21)17-8-4-11(5-9-17)13(20)18-6-2-3-7-18/h10-11H,2-9H2,1H3,(H3,15,16,19,21). The molecular weight excluding hydrogens is 272 g/mol. The minimum absolute atomic E-state index is 0.0748. The molecule has 0 aromatic heterocycles. The SMILES string of the molecule is CC(C(=O)NC(N)=O)N1CCC(C(=O)N2CCCC2)CC1. The number of nitrogens with zero attached hydrogens (tertiary/aromatic N) is 2. The highest BCUT2D eigenvalue weighted by molar-refractivity contribution is 5.96. The first-order valence-electron chi connectivity index (χ1n) is 7.62.